The second-order valence-corrected chi connectivity index (χ2v) is 4.89. The molecule has 1 aromatic carbocycles. The van der Waals surface area contributed by atoms with Crippen LogP contribution in [-0.4, -0.2) is 19.2 Å². The lowest BCUT2D eigenvalue weighted by Gasteiger charge is -2.32. The highest BCUT2D eigenvalue weighted by Crippen LogP contribution is 2.34. The minimum absolute atomic E-state index is 0.285. The Morgan fingerprint density at radius 2 is 2.31 bits per heavy atom. The van der Waals surface area contributed by atoms with E-state index in [0.29, 0.717) is 6.04 Å². The molecule has 1 N–H and O–H groups in total. The zero-order valence-electron chi connectivity index (χ0n) is 9.83. The van der Waals surface area contributed by atoms with Crippen LogP contribution in [0.5, 0.6) is 0 Å². The third-order valence-corrected chi connectivity index (χ3v) is 3.83. The van der Waals surface area contributed by atoms with Gasteiger partial charge >= 0.3 is 0 Å². The second kappa shape index (κ2) is 4.19. The average Bonchev–Trinajstić information content (AvgIpc) is 2.82. The van der Waals surface area contributed by atoms with Crippen molar-refractivity contribution < 1.29 is 4.74 Å². The molecular weight excluding hydrogens is 198 g/mol. The van der Waals surface area contributed by atoms with Crippen LogP contribution in [0.25, 0.3) is 0 Å². The number of nitrogens with one attached hydrogen (secondary N) is 1. The fourth-order valence-corrected chi connectivity index (χ4v) is 3.03. The summed E-state index contributed by atoms with van der Waals surface area (Å²) in [5.41, 5.74) is 4.33. The van der Waals surface area contributed by atoms with E-state index in [9.17, 15) is 0 Å². The van der Waals surface area contributed by atoms with E-state index in [1.807, 2.05) is 0 Å². The molecule has 0 aliphatic carbocycles. The number of aryl methyl sites for hydroxylation is 1. The Balaban J connectivity index is 1.98. The van der Waals surface area contributed by atoms with E-state index in [1.165, 1.54) is 29.5 Å². The summed E-state index contributed by atoms with van der Waals surface area (Å²) in [6, 6.07) is 7.15. The summed E-state index contributed by atoms with van der Waals surface area (Å²) >= 11 is 0. The van der Waals surface area contributed by atoms with Gasteiger partial charge in [-0.15, -0.1) is 0 Å². The maximum atomic E-state index is 6.01. The number of rotatable bonds is 1. The molecule has 1 unspecified atom stereocenters. The van der Waals surface area contributed by atoms with Crippen molar-refractivity contribution in [1.29, 1.82) is 0 Å². The minimum atomic E-state index is 0.285. The summed E-state index contributed by atoms with van der Waals surface area (Å²) in [4.78, 5) is 0. The van der Waals surface area contributed by atoms with Crippen molar-refractivity contribution in [2.75, 3.05) is 13.2 Å². The molecule has 3 rings (SSSR count). The van der Waals surface area contributed by atoms with Crippen LogP contribution in [0.15, 0.2) is 18.2 Å². The number of hydrogen-bond donors (Lipinski definition) is 1. The Kier molecular flexibility index (Phi) is 2.70. The van der Waals surface area contributed by atoms with Gasteiger partial charge in [0, 0.05) is 6.04 Å². The van der Waals surface area contributed by atoms with Crippen LogP contribution in [0.3, 0.4) is 0 Å². The first-order valence-electron chi connectivity index (χ1n) is 6.29. The highest BCUT2D eigenvalue weighted by molar-refractivity contribution is 5.38. The summed E-state index contributed by atoms with van der Waals surface area (Å²) in [5.74, 6) is 0. The molecule has 0 saturated carbocycles. The topological polar surface area (TPSA) is 21.3 Å². The second-order valence-electron chi connectivity index (χ2n) is 4.89. The van der Waals surface area contributed by atoms with Gasteiger partial charge in [0.2, 0.25) is 0 Å². The van der Waals surface area contributed by atoms with Crippen LogP contribution in [0.2, 0.25) is 0 Å². The standard InChI is InChI=1S/C14H19NO/c1-10-4-2-5-11-7-9-16-14(13(10)11)12-6-3-8-15-12/h2,4-5,12,14-15H,3,6-9H2,1H3/t12?,14-/m0/s1. The lowest BCUT2D eigenvalue weighted by atomic mass is 9.89. The molecule has 0 amide bonds. The van der Waals surface area contributed by atoms with E-state index < -0.39 is 0 Å². The summed E-state index contributed by atoms with van der Waals surface area (Å²) in [7, 11) is 0. The highest BCUT2D eigenvalue weighted by atomic mass is 16.5. The summed E-state index contributed by atoms with van der Waals surface area (Å²) in [6.07, 6.45) is 3.89. The molecule has 2 nitrogen and oxygen atoms in total. The predicted octanol–water partition coefficient (Wildman–Crippen LogP) is 2.36. The molecule has 2 aliphatic rings. The maximum absolute atomic E-state index is 6.01. The first-order chi connectivity index (χ1) is 7.86. The fraction of sp³-hybridized carbons (Fsp3) is 0.571. The molecule has 2 atom stereocenters. The molecule has 86 valence electrons. The normalized spacial score (nSPS) is 29.1. The van der Waals surface area contributed by atoms with Crippen molar-refractivity contribution in [1.82, 2.24) is 5.32 Å². The maximum Gasteiger partial charge on any atom is 0.0983 e. The lowest BCUT2D eigenvalue weighted by Crippen LogP contribution is -2.34. The van der Waals surface area contributed by atoms with Gasteiger partial charge in [-0.05, 0) is 49.4 Å². The van der Waals surface area contributed by atoms with E-state index in [-0.39, 0.29) is 6.10 Å². The monoisotopic (exact) mass is 217 g/mol. The summed E-state index contributed by atoms with van der Waals surface area (Å²) in [5, 5.41) is 3.57. The van der Waals surface area contributed by atoms with E-state index in [1.54, 1.807) is 0 Å². The zero-order valence-corrected chi connectivity index (χ0v) is 9.83. The van der Waals surface area contributed by atoms with Crippen molar-refractivity contribution in [2.24, 2.45) is 0 Å². The fourth-order valence-electron chi connectivity index (χ4n) is 3.03. The van der Waals surface area contributed by atoms with Gasteiger partial charge in [-0.25, -0.2) is 0 Å². The third-order valence-electron chi connectivity index (χ3n) is 3.83. The van der Waals surface area contributed by atoms with Crippen LogP contribution in [0.4, 0.5) is 0 Å². The van der Waals surface area contributed by atoms with Gasteiger partial charge in [0.25, 0.3) is 0 Å². The average molecular weight is 217 g/mol. The molecule has 0 aromatic heterocycles. The summed E-state index contributed by atoms with van der Waals surface area (Å²) < 4.78 is 6.01. The Morgan fingerprint density at radius 1 is 1.38 bits per heavy atom. The largest absolute Gasteiger partial charge is 0.372 e. The van der Waals surface area contributed by atoms with E-state index in [4.69, 9.17) is 4.74 Å². The SMILES string of the molecule is Cc1cccc2c1[C@H](C1CCCN1)OCC2. The lowest BCUT2D eigenvalue weighted by molar-refractivity contribution is 0.0195. The quantitative estimate of drug-likeness (QED) is 0.779. The highest BCUT2D eigenvalue weighted by Gasteiger charge is 2.31. The van der Waals surface area contributed by atoms with Crippen molar-refractivity contribution in [3.8, 4) is 0 Å². The number of ether oxygens (including phenoxy) is 1. The Morgan fingerprint density at radius 3 is 3.12 bits per heavy atom. The van der Waals surface area contributed by atoms with Crippen LogP contribution >= 0.6 is 0 Å². The van der Waals surface area contributed by atoms with E-state index in [0.717, 1.165) is 19.6 Å². The minimum Gasteiger partial charge on any atom is -0.372 e. The molecule has 0 spiro atoms. The van der Waals surface area contributed by atoms with Gasteiger partial charge in [-0.3, -0.25) is 0 Å². The third kappa shape index (κ3) is 1.66. The van der Waals surface area contributed by atoms with Crippen molar-refractivity contribution in [3.05, 3.63) is 34.9 Å². The smallest absolute Gasteiger partial charge is 0.0983 e. The molecule has 1 aromatic rings. The first kappa shape index (κ1) is 10.3. The molecule has 1 fully saturated rings. The molecule has 2 aliphatic heterocycles. The van der Waals surface area contributed by atoms with Gasteiger partial charge < -0.3 is 10.1 Å². The molecule has 0 radical (unpaired) electrons. The molecular formula is C14H19NO. The summed E-state index contributed by atoms with van der Waals surface area (Å²) in [6.45, 7) is 4.22. The van der Waals surface area contributed by atoms with Crippen molar-refractivity contribution in [2.45, 2.75) is 38.3 Å². The van der Waals surface area contributed by atoms with Crippen LogP contribution in [0.1, 0.15) is 35.6 Å². The van der Waals surface area contributed by atoms with Crippen LogP contribution < -0.4 is 5.32 Å². The molecule has 2 heteroatoms. The molecule has 0 bridgehead atoms. The molecule has 2 heterocycles. The Hall–Kier alpha value is -0.860. The number of hydrogen-bond acceptors (Lipinski definition) is 2. The molecule has 16 heavy (non-hydrogen) atoms. The molecule has 1 saturated heterocycles. The van der Waals surface area contributed by atoms with Gasteiger partial charge in [0.15, 0.2) is 0 Å². The van der Waals surface area contributed by atoms with Crippen LogP contribution in [0, 0.1) is 6.92 Å². The zero-order chi connectivity index (χ0) is 11.0. The van der Waals surface area contributed by atoms with Gasteiger partial charge in [0.05, 0.1) is 12.7 Å². The Labute approximate surface area is 97.0 Å². The van der Waals surface area contributed by atoms with Gasteiger partial charge in [-0.1, -0.05) is 18.2 Å². The predicted molar refractivity (Wildman–Crippen MR) is 64.6 cm³/mol. The van der Waals surface area contributed by atoms with Crippen molar-refractivity contribution >= 4 is 0 Å². The van der Waals surface area contributed by atoms with Crippen LogP contribution in [-0.2, 0) is 11.2 Å². The van der Waals surface area contributed by atoms with Gasteiger partial charge in [-0.2, -0.15) is 0 Å². The van der Waals surface area contributed by atoms with Crippen molar-refractivity contribution in [3.63, 3.8) is 0 Å². The van der Waals surface area contributed by atoms with E-state index in [2.05, 4.69) is 30.4 Å². The van der Waals surface area contributed by atoms with Gasteiger partial charge in [0.1, 0.15) is 0 Å². The first-order valence-corrected chi connectivity index (χ1v) is 6.29. The Bertz CT molecular complexity index is 382. The van der Waals surface area contributed by atoms with E-state index >= 15 is 0 Å². The number of fused-ring (bicyclic) bond motifs is 1. The number of benzene rings is 1.